The molecule has 1 aliphatic rings. The van der Waals surface area contributed by atoms with Crippen LogP contribution in [0.5, 0.6) is 0 Å². The maximum absolute atomic E-state index is 13.4. The van der Waals surface area contributed by atoms with E-state index in [1.165, 1.54) is 0 Å². The fourth-order valence-corrected chi connectivity index (χ4v) is 5.16. The zero-order chi connectivity index (χ0) is 29.3. The van der Waals surface area contributed by atoms with Gasteiger partial charge in [-0.25, -0.2) is 4.98 Å². The summed E-state index contributed by atoms with van der Waals surface area (Å²) in [5, 5.41) is 18.0. The Kier molecular flexibility index (Phi) is 8.12. The van der Waals surface area contributed by atoms with Crippen LogP contribution in [-0.4, -0.2) is 104 Å². The summed E-state index contributed by atoms with van der Waals surface area (Å²) in [5.41, 5.74) is 4.73. The molecule has 1 amide bonds. The Morgan fingerprint density at radius 3 is 2.54 bits per heavy atom. The molecule has 1 fully saturated rings. The van der Waals surface area contributed by atoms with E-state index in [2.05, 4.69) is 56.3 Å². The molecule has 0 spiro atoms. The lowest BCUT2D eigenvalue weighted by Gasteiger charge is -2.36. The van der Waals surface area contributed by atoms with Crippen LogP contribution in [0.15, 0.2) is 42.7 Å². The number of hydrogen-bond donors (Lipinski definition) is 2. The molecule has 0 atom stereocenters. The second-order valence-corrected chi connectivity index (χ2v) is 11.8. The summed E-state index contributed by atoms with van der Waals surface area (Å²) in [5.74, 6) is 0.102. The normalized spacial score (nSPS) is 14.8. The van der Waals surface area contributed by atoms with Gasteiger partial charge in [0.1, 0.15) is 0 Å². The van der Waals surface area contributed by atoms with E-state index in [0.717, 1.165) is 67.2 Å². The third kappa shape index (κ3) is 6.58. The molecule has 0 bridgehead atoms. The van der Waals surface area contributed by atoms with E-state index in [0.29, 0.717) is 17.2 Å². The summed E-state index contributed by atoms with van der Waals surface area (Å²) in [6.45, 7) is 11.8. The number of imidazole rings is 1. The number of rotatable bonds is 9. The van der Waals surface area contributed by atoms with Crippen molar-refractivity contribution in [2.75, 3.05) is 63.6 Å². The van der Waals surface area contributed by atoms with Gasteiger partial charge in [0, 0.05) is 75.0 Å². The van der Waals surface area contributed by atoms with Crippen molar-refractivity contribution < 1.29 is 9.90 Å². The number of aliphatic hydroxyl groups is 1. The molecule has 4 aromatic rings. The second-order valence-electron chi connectivity index (χ2n) is 11.8. The zero-order valence-corrected chi connectivity index (χ0v) is 24.9. The number of benzene rings is 1. The van der Waals surface area contributed by atoms with Crippen LogP contribution in [0.25, 0.3) is 22.3 Å². The SMILES string of the molecule is Cc1c(-c2cc(C(=O)Nc3nc4ccc(N5CCN(CCN(C)C)CC5)cc4n3CC(C)(C)O)ccn2)cnn1C. The van der Waals surface area contributed by atoms with E-state index in [4.69, 9.17) is 4.98 Å². The second kappa shape index (κ2) is 11.6. The van der Waals surface area contributed by atoms with Crippen LogP contribution in [0.1, 0.15) is 29.9 Å². The average molecular weight is 560 g/mol. The van der Waals surface area contributed by atoms with E-state index >= 15 is 0 Å². The van der Waals surface area contributed by atoms with Crippen molar-refractivity contribution in [1.82, 2.24) is 34.1 Å². The largest absolute Gasteiger partial charge is 0.389 e. The molecule has 2 N–H and O–H groups in total. The van der Waals surface area contributed by atoms with E-state index in [1.807, 2.05) is 24.6 Å². The molecule has 1 aromatic carbocycles. The standard InChI is InChI=1S/C30H41N9O2/c1-21-24(19-32-36(21)6)26-17-22(9-10-31-26)28(40)34-29-33-25-8-7-23(18-27(25)39(29)20-30(2,3)41)38-15-13-37(14-16-38)12-11-35(4)5/h7-10,17-19,41H,11-16,20H2,1-6H3,(H,33,34,40). The first-order valence-electron chi connectivity index (χ1n) is 14.1. The van der Waals surface area contributed by atoms with Crippen molar-refractivity contribution in [1.29, 1.82) is 0 Å². The Morgan fingerprint density at radius 1 is 1.12 bits per heavy atom. The molecular weight excluding hydrogens is 518 g/mol. The fraction of sp³-hybridized carbons (Fsp3) is 0.467. The first kappa shape index (κ1) is 28.7. The molecule has 11 nitrogen and oxygen atoms in total. The van der Waals surface area contributed by atoms with Crippen molar-refractivity contribution in [3.63, 3.8) is 0 Å². The Hall–Kier alpha value is -3.80. The van der Waals surface area contributed by atoms with E-state index < -0.39 is 5.60 Å². The number of nitrogens with zero attached hydrogens (tertiary/aromatic N) is 8. The number of nitrogens with one attached hydrogen (secondary N) is 1. The Balaban J connectivity index is 1.40. The maximum atomic E-state index is 13.4. The van der Waals surface area contributed by atoms with Crippen LogP contribution < -0.4 is 10.2 Å². The Labute approximate surface area is 241 Å². The van der Waals surface area contributed by atoms with E-state index in [1.54, 1.807) is 43.1 Å². The summed E-state index contributed by atoms with van der Waals surface area (Å²) >= 11 is 0. The van der Waals surface area contributed by atoms with Crippen LogP contribution in [0.3, 0.4) is 0 Å². The van der Waals surface area contributed by atoms with Crippen molar-refractivity contribution in [3.05, 3.63) is 54.0 Å². The highest BCUT2D eigenvalue weighted by Crippen LogP contribution is 2.28. The number of fused-ring (bicyclic) bond motifs is 1. The number of likely N-dealkylation sites (N-methyl/N-ethyl adjacent to an activating group) is 1. The summed E-state index contributed by atoms with van der Waals surface area (Å²) < 4.78 is 3.68. The van der Waals surface area contributed by atoms with Gasteiger partial charge < -0.3 is 19.5 Å². The molecule has 11 heteroatoms. The first-order chi connectivity index (χ1) is 19.5. The summed E-state index contributed by atoms with van der Waals surface area (Å²) in [4.78, 5) is 29.8. The number of amides is 1. The van der Waals surface area contributed by atoms with E-state index in [9.17, 15) is 9.90 Å². The minimum Gasteiger partial charge on any atom is -0.389 e. The molecule has 218 valence electrons. The van der Waals surface area contributed by atoms with Crippen molar-refractivity contribution in [3.8, 4) is 11.3 Å². The number of piperazine rings is 1. The number of pyridine rings is 1. The Morgan fingerprint density at radius 2 is 1.88 bits per heavy atom. The van der Waals surface area contributed by atoms with Gasteiger partial charge in [0.05, 0.1) is 35.1 Å². The quantitative estimate of drug-likeness (QED) is 0.322. The fourth-order valence-electron chi connectivity index (χ4n) is 5.16. The number of anilines is 2. The van der Waals surface area contributed by atoms with Gasteiger partial charge in [0.15, 0.2) is 0 Å². The Bertz CT molecular complexity index is 1520. The molecule has 5 rings (SSSR count). The third-order valence-corrected chi connectivity index (χ3v) is 7.64. The van der Waals surface area contributed by atoms with Crippen molar-refractivity contribution in [2.24, 2.45) is 7.05 Å². The average Bonchev–Trinajstić information content (AvgIpc) is 3.44. The highest BCUT2D eigenvalue weighted by Gasteiger charge is 2.23. The smallest absolute Gasteiger partial charge is 0.258 e. The molecule has 3 aromatic heterocycles. The minimum atomic E-state index is -1.01. The first-order valence-corrected chi connectivity index (χ1v) is 14.1. The monoisotopic (exact) mass is 559 g/mol. The van der Waals surface area contributed by atoms with Gasteiger partial charge in [-0.15, -0.1) is 0 Å². The van der Waals surface area contributed by atoms with Gasteiger partial charge in [-0.05, 0) is 65.2 Å². The number of hydrogen-bond acceptors (Lipinski definition) is 8. The number of aromatic nitrogens is 5. The predicted octanol–water partition coefficient (Wildman–Crippen LogP) is 2.85. The molecule has 4 heterocycles. The van der Waals surface area contributed by atoms with Crippen LogP contribution >= 0.6 is 0 Å². The molecule has 1 aliphatic heterocycles. The van der Waals surface area contributed by atoms with Crippen LogP contribution in [0.2, 0.25) is 0 Å². The minimum absolute atomic E-state index is 0.275. The van der Waals surface area contributed by atoms with Gasteiger partial charge in [-0.3, -0.25) is 24.7 Å². The highest BCUT2D eigenvalue weighted by molar-refractivity contribution is 6.04. The lowest BCUT2D eigenvalue weighted by molar-refractivity contribution is 0.0630. The van der Waals surface area contributed by atoms with Crippen molar-refractivity contribution >= 4 is 28.6 Å². The summed E-state index contributed by atoms with van der Waals surface area (Å²) in [6.07, 6.45) is 3.38. The predicted molar refractivity (Wildman–Crippen MR) is 162 cm³/mol. The number of carbonyl (C=O) groups is 1. The van der Waals surface area contributed by atoms with Gasteiger partial charge in [0.25, 0.3) is 5.91 Å². The lowest BCUT2D eigenvalue weighted by Crippen LogP contribution is -2.48. The zero-order valence-electron chi connectivity index (χ0n) is 24.9. The molecule has 41 heavy (non-hydrogen) atoms. The maximum Gasteiger partial charge on any atom is 0.258 e. The number of carbonyl (C=O) groups excluding carboxylic acids is 1. The molecular formula is C30H41N9O2. The molecule has 0 unspecified atom stereocenters. The number of aryl methyl sites for hydroxylation is 1. The van der Waals surface area contributed by atoms with Gasteiger partial charge in [0.2, 0.25) is 5.95 Å². The van der Waals surface area contributed by atoms with Gasteiger partial charge >= 0.3 is 0 Å². The molecule has 0 radical (unpaired) electrons. The van der Waals surface area contributed by atoms with Crippen LogP contribution in [-0.2, 0) is 13.6 Å². The lowest BCUT2D eigenvalue weighted by atomic mass is 10.1. The summed E-state index contributed by atoms with van der Waals surface area (Å²) in [7, 11) is 6.09. The third-order valence-electron chi connectivity index (χ3n) is 7.64. The van der Waals surface area contributed by atoms with Gasteiger partial charge in [-0.2, -0.15) is 5.10 Å². The summed E-state index contributed by atoms with van der Waals surface area (Å²) in [6, 6.07) is 9.66. The van der Waals surface area contributed by atoms with Crippen LogP contribution in [0, 0.1) is 6.92 Å². The molecule has 0 saturated carbocycles. The van der Waals surface area contributed by atoms with Crippen LogP contribution in [0.4, 0.5) is 11.6 Å². The van der Waals surface area contributed by atoms with Crippen molar-refractivity contribution in [2.45, 2.75) is 32.9 Å². The topological polar surface area (TPSA) is 108 Å². The van der Waals surface area contributed by atoms with E-state index in [-0.39, 0.29) is 12.5 Å². The van der Waals surface area contributed by atoms with Gasteiger partial charge in [-0.1, -0.05) is 0 Å². The molecule has 0 aliphatic carbocycles. The highest BCUT2D eigenvalue weighted by atomic mass is 16.3. The molecule has 1 saturated heterocycles.